The molecule has 4 rings (SSSR count). The first-order chi connectivity index (χ1) is 17.8. The number of ether oxygens (including phenoxy) is 1. The summed E-state index contributed by atoms with van der Waals surface area (Å²) < 4.78 is 67.7. The van der Waals surface area contributed by atoms with Crippen molar-refractivity contribution in [2.24, 2.45) is 12.5 Å². The molecule has 15 heteroatoms. The maximum atomic E-state index is 13.4. The Balaban J connectivity index is 0.000000505. The van der Waals surface area contributed by atoms with E-state index in [1.54, 1.807) is 22.9 Å². The van der Waals surface area contributed by atoms with E-state index in [1.807, 2.05) is 19.4 Å². The van der Waals surface area contributed by atoms with Gasteiger partial charge in [-0.15, -0.1) is 0 Å². The van der Waals surface area contributed by atoms with Gasteiger partial charge in [0, 0.05) is 44.4 Å². The maximum Gasteiger partial charge on any atom is 0.490 e. The molecule has 2 aliphatic heterocycles. The lowest BCUT2D eigenvalue weighted by Crippen LogP contribution is -2.53. The van der Waals surface area contributed by atoms with Crippen LogP contribution in [0.2, 0.25) is 0 Å². The van der Waals surface area contributed by atoms with Crippen LogP contribution >= 0.6 is 0 Å². The third kappa shape index (κ3) is 7.23. The molecule has 2 N–H and O–H groups in total. The number of piperidine rings is 1. The zero-order valence-electron chi connectivity index (χ0n) is 20.9. The number of nitrogens with one attached hydrogen (secondary N) is 1. The van der Waals surface area contributed by atoms with Crippen LogP contribution in [0, 0.1) is 5.41 Å². The minimum absolute atomic E-state index is 0.114. The number of benzene rings is 1. The van der Waals surface area contributed by atoms with Crippen molar-refractivity contribution in [1.82, 2.24) is 24.3 Å². The molecule has 210 valence electrons. The molecular formula is C23H30F3N5O6S. The Morgan fingerprint density at radius 3 is 2.39 bits per heavy atom. The number of likely N-dealkylation sites (tertiary alicyclic amines) is 1. The number of likely N-dealkylation sites (N-methyl/N-ethyl adjacent to an activating group) is 1. The SMILES string of the molecule is CNC(=O)CN1CC2(CCN(Cc3cnn(C)c3)CC2)COc2ccccc2S1(=O)=O.O=C(O)C(F)(F)F. The second kappa shape index (κ2) is 11.7. The zero-order chi connectivity index (χ0) is 28.1. The van der Waals surface area contributed by atoms with Crippen LogP contribution in [0.4, 0.5) is 13.2 Å². The number of aromatic nitrogens is 2. The molecule has 0 radical (unpaired) electrons. The molecule has 0 aliphatic carbocycles. The first-order valence-corrected chi connectivity index (χ1v) is 13.1. The van der Waals surface area contributed by atoms with Crippen molar-refractivity contribution in [2.75, 3.05) is 39.8 Å². The van der Waals surface area contributed by atoms with Crippen molar-refractivity contribution in [3.63, 3.8) is 0 Å². The molecule has 38 heavy (non-hydrogen) atoms. The number of carbonyl (C=O) groups excluding carboxylic acids is 1. The number of aryl methyl sites for hydroxylation is 1. The molecule has 0 bridgehead atoms. The Hall–Kier alpha value is -3.17. The first kappa shape index (κ1) is 29.4. The van der Waals surface area contributed by atoms with E-state index in [-0.39, 0.29) is 29.3 Å². The van der Waals surface area contributed by atoms with Crippen LogP contribution in [0.1, 0.15) is 18.4 Å². The minimum Gasteiger partial charge on any atom is -0.492 e. The second-order valence-corrected chi connectivity index (χ2v) is 11.2. The van der Waals surface area contributed by atoms with Gasteiger partial charge < -0.3 is 15.2 Å². The molecule has 1 saturated heterocycles. The number of alkyl halides is 3. The summed E-state index contributed by atoms with van der Waals surface area (Å²) in [6, 6.07) is 6.66. The van der Waals surface area contributed by atoms with E-state index in [4.69, 9.17) is 14.6 Å². The fourth-order valence-electron chi connectivity index (χ4n) is 4.34. The highest BCUT2D eigenvalue weighted by Crippen LogP contribution is 2.39. The number of fused-ring (bicyclic) bond motifs is 1. The summed E-state index contributed by atoms with van der Waals surface area (Å²) in [5, 5.41) is 13.9. The summed E-state index contributed by atoms with van der Waals surface area (Å²) in [4.78, 5) is 23.5. The lowest BCUT2D eigenvalue weighted by molar-refractivity contribution is -0.192. The van der Waals surface area contributed by atoms with Crippen molar-refractivity contribution in [1.29, 1.82) is 0 Å². The third-order valence-corrected chi connectivity index (χ3v) is 8.27. The molecule has 2 aliphatic rings. The van der Waals surface area contributed by atoms with Gasteiger partial charge in [0.05, 0.1) is 19.3 Å². The number of carboxylic acid groups (broad SMARTS) is 1. The Bertz CT molecular complexity index is 1240. The van der Waals surface area contributed by atoms with Crippen LogP contribution in [0.15, 0.2) is 41.6 Å². The van der Waals surface area contributed by atoms with Crippen LogP contribution in [0.25, 0.3) is 0 Å². The number of amides is 1. The van der Waals surface area contributed by atoms with Crippen LogP contribution in [0.3, 0.4) is 0 Å². The maximum absolute atomic E-state index is 13.4. The number of carboxylic acids is 1. The van der Waals surface area contributed by atoms with Crippen molar-refractivity contribution < 1.29 is 41.0 Å². The molecule has 0 unspecified atom stereocenters. The first-order valence-electron chi connectivity index (χ1n) is 11.7. The predicted molar refractivity (Wildman–Crippen MR) is 129 cm³/mol. The number of hydrogen-bond donors (Lipinski definition) is 2. The van der Waals surface area contributed by atoms with Crippen molar-refractivity contribution in [2.45, 2.75) is 30.5 Å². The van der Waals surface area contributed by atoms with E-state index in [0.717, 1.165) is 38.0 Å². The van der Waals surface area contributed by atoms with Gasteiger partial charge in [0.2, 0.25) is 15.9 Å². The van der Waals surface area contributed by atoms with Crippen LogP contribution in [-0.4, -0.2) is 90.4 Å². The van der Waals surface area contributed by atoms with Crippen molar-refractivity contribution >= 4 is 21.9 Å². The Morgan fingerprint density at radius 1 is 1.21 bits per heavy atom. The highest BCUT2D eigenvalue weighted by atomic mass is 32.2. The van der Waals surface area contributed by atoms with Crippen molar-refractivity contribution in [3.05, 3.63) is 42.2 Å². The van der Waals surface area contributed by atoms with Crippen molar-refractivity contribution in [3.8, 4) is 5.75 Å². The topological polar surface area (TPSA) is 134 Å². The number of nitrogens with zero attached hydrogens (tertiary/aromatic N) is 4. The van der Waals surface area contributed by atoms with Gasteiger partial charge >= 0.3 is 12.1 Å². The predicted octanol–water partition coefficient (Wildman–Crippen LogP) is 1.46. The molecular weight excluding hydrogens is 531 g/mol. The molecule has 1 spiro atoms. The highest BCUT2D eigenvalue weighted by molar-refractivity contribution is 7.89. The zero-order valence-corrected chi connectivity index (χ0v) is 21.8. The Morgan fingerprint density at radius 2 is 1.84 bits per heavy atom. The average Bonchev–Trinajstić information content (AvgIpc) is 3.27. The monoisotopic (exact) mass is 561 g/mol. The molecule has 0 atom stereocenters. The van der Waals surface area contributed by atoms with Gasteiger partial charge in [0.25, 0.3) is 0 Å². The number of carbonyl (C=O) groups is 2. The summed E-state index contributed by atoms with van der Waals surface area (Å²) in [6.07, 6.45) is 0.375. The van der Waals surface area contributed by atoms with Gasteiger partial charge in [0.15, 0.2) is 0 Å². The summed E-state index contributed by atoms with van der Waals surface area (Å²) in [5.41, 5.74) is 0.810. The van der Waals surface area contributed by atoms with E-state index < -0.39 is 22.2 Å². The number of aliphatic carboxylic acids is 1. The lowest BCUT2D eigenvalue weighted by Gasteiger charge is -2.44. The molecule has 2 aromatic rings. The van der Waals surface area contributed by atoms with Crippen LogP contribution in [-0.2, 0) is 33.2 Å². The van der Waals surface area contributed by atoms with Gasteiger partial charge in [-0.25, -0.2) is 13.2 Å². The number of para-hydroxylation sites is 1. The van der Waals surface area contributed by atoms with Gasteiger partial charge in [-0.1, -0.05) is 12.1 Å². The molecule has 1 aromatic carbocycles. The molecule has 11 nitrogen and oxygen atoms in total. The standard InChI is InChI=1S/C21H29N5O4S.C2HF3O2/c1-22-20(27)14-26-15-21(16-30-18-5-3-4-6-19(18)31(26,28)29)7-9-25(10-8-21)13-17-11-23-24(2)12-17;3-2(4,5)1(6)7/h3-6,11-12H,7-10,13-16H2,1-2H3,(H,22,27);(H,6,7). The highest BCUT2D eigenvalue weighted by Gasteiger charge is 2.43. The number of rotatable bonds is 4. The molecule has 1 aromatic heterocycles. The summed E-state index contributed by atoms with van der Waals surface area (Å²) in [6.45, 7) is 2.95. The number of hydrogen-bond acceptors (Lipinski definition) is 7. The van der Waals surface area contributed by atoms with E-state index in [1.165, 1.54) is 17.4 Å². The van der Waals surface area contributed by atoms with E-state index in [0.29, 0.717) is 12.4 Å². The van der Waals surface area contributed by atoms with Gasteiger partial charge in [-0.3, -0.25) is 14.4 Å². The number of sulfonamides is 1. The average molecular weight is 562 g/mol. The van der Waals surface area contributed by atoms with E-state index >= 15 is 0 Å². The van der Waals surface area contributed by atoms with Gasteiger partial charge in [-0.2, -0.15) is 22.6 Å². The molecule has 1 fully saturated rings. The van der Waals surface area contributed by atoms with Crippen LogP contribution in [0.5, 0.6) is 5.75 Å². The van der Waals surface area contributed by atoms with Gasteiger partial charge in [0.1, 0.15) is 10.6 Å². The Labute approximate surface area is 218 Å². The summed E-state index contributed by atoms with van der Waals surface area (Å²) in [7, 11) is -0.440. The van der Waals surface area contributed by atoms with E-state index in [2.05, 4.69) is 15.3 Å². The Kier molecular flexibility index (Phi) is 9.05. The minimum atomic E-state index is -5.08. The quantitative estimate of drug-likeness (QED) is 0.573. The van der Waals surface area contributed by atoms with Crippen LogP contribution < -0.4 is 10.1 Å². The lowest BCUT2D eigenvalue weighted by atomic mass is 9.78. The summed E-state index contributed by atoms with van der Waals surface area (Å²) in [5.74, 6) is -2.74. The molecule has 0 saturated carbocycles. The second-order valence-electron chi connectivity index (χ2n) is 9.28. The fourth-order valence-corrected chi connectivity index (χ4v) is 5.98. The van der Waals surface area contributed by atoms with E-state index in [9.17, 15) is 26.4 Å². The largest absolute Gasteiger partial charge is 0.492 e. The normalized spacial score (nSPS) is 19.2. The fraction of sp³-hybridized carbons (Fsp3) is 0.522. The molecule has 1 amide bonds. The smallest absolute Gasteiger partial charge is 0.490 e. The third-order valence-electron chi connectivity index (χ3n) is 6.44. The number of halogens is 3. The summed E-state index contributed by atoms with van der Waals surface area (Å²) >= 11 is 0. The van der Waals surface area contributed by atoms with Gasteiger partial charge in [-0.05, 0) is 38.1 Å². The molecule has 3 heterocycles.